The van der Waals surface area contributed by atoms with Crippen molar-refractivity contribution in [2.24, 2.45) is 0 Å². The Morgan fingerprint density at radius 2 is 1.25 bits per heavy atom. The van der Waals surface area contributed by atoms with Crippen molar-refractivity contribution in [2.75, 3.05) is 0 Å². The van der Waals surface area contributed by atoms with Crippen molar-refractivity contribution in [3.05, 3.63) is 0 Å². The van der Waals surface area contributed by atoms with Gasteiger partial charge in [0.25, 0.3) is 0 Å². The van der Waals surface area contributed by atoms with Crippen molar-refractivity contribution in [1.29, 1.82) is 0 Å². The van der Waals surface area contributed by atoms with Crippen molar-refractivity contribution >= 4 is 41.4 Å². The SMILES string of the molecule is [Li].[Mn].[O]=[Sn]. The molecule has 18 valence electrons. The van der Waals surface area contributed by atoms with Crippen molar-refractivity contribution in [1.82, 2.24) is 0 Å². The molecule has 0 spiro atoms. The Morgan fingerprint density at radius 1 is 1.25 bits per heavy atom. The number of hydrogen-bond acceptors (Lipinski definition) is 1. The van der Waals surface area contributed by atoms with Gasteiger partial charge in [-0.15, -0.1) is 0 Å². The van der Waals surface area contributed by atoms with Gasteiger partial charge < -0.3 is 0 Å². The molecule has 0 aliphatic heterocycles. The molecule has 0 bridgehead atoms. The molecule has 0 unspecified atom stereocenters. The molecule has 4 radical (unpaired) electrons. The van der Waals surface area contributed by atoms with E-state index in [9.17, 15) is 0 Å². The summed E-state index contributed by atoms with van der Waals surface area (Å²) in [7, 11) is 0. The molecule has 4 heavy (non-hydrogen) atoms. The first-order valence-electron chi connectivity index (χ1n) is 0.204. The van der Waals surface area contributed by atoms with Crippen molar-refractivity contribution in [3.63, 3.8) is 0 Å². The van der Waals surface area contributed by atoms with Gasteiger partial charge in [-0.1, -0.05) is 0 Å². The van der Waals surface area contributed by atoms with E-state index in [-0.39, 0.29) is 35.9 Å². The molecule has 1 nitrogen and oxygen atoms in total. The number of hydrogen-bond donors (Lipinski definition) is 0. The summed E-state index contributed by atoms with van der Waals surface area (Å²) in [5.41, 5.74) is 0. The first kappa shape index (κ1) is 17.2. The Morgan fingerprint density at radius 3 is 1.25 bits per heavy atom. The maximum atomic E-state index is 8.34. The summed E-state index contributed by atoms with van der Waals surface area (Å²) >= 11 is 0.300. The molecule has 0 aromatic rings. The van der Waals surface area contributed by atoms with Gasteiger partial charge in [-0.05, 0) is 0 Å². The van der Waals surface area contributed by atoms with Crippen LogP contribution >= 0.6 is 0 Å². The van der Waals surface area contributed by atoms with Gasteiger partial charge >= 0.3 is 25.6 Å². The van der Waals surface area contributed by atoms with Crippen molar-refractivity contribution in [3.8, 4) is 0 Å². The Balaban J connectivity index is -0.00000000500. The van der Waals surface area contributed by atoms with Gasteiger partial charge in [0.15, 0.2) is 0 Å². The van der Waals surface area contributed by atoms with Crippen LogP contribution < -0.4 is 0 Å². The molecule has 0 aromatic carbocycles. The van der Waals surface area contributed by atoms with E-state index in [1.807, 2.05) is 0 Å². The molecule has 0 rings (SSSR count). The average molecular weight is 197 g/mol. The average Bonchev–Trinajstić information content (AvgIpc) is 1.00. The third-order valence-electron chi connectivity index (χ3n) is 0. The van der Waals surface area contributed by atoms with E-state index in [1.165, 1.54) is 0 Å². The summed E-state index contributed by atoms with van der Waals surface area (Å²) in [4.78, 5) is 0. The summed E-state index contributed by atoms with van der Waals surface area (Å²) in [6.45, 7) is 0. The van der Waals surface area contributed by atoms with Gasteiger partial charge in [-0.25, -0.2) is 0 Å². The van der Waals surface area contributed by atoms with Crippen molar-refractivity contribution in [2.45, 2.75) is 0 Å². The van der Waals surface area contributed by atoms with Gasteiger partial charge in [0.2, 0.25) is 0 Å². The molecule has 4 heteroatoms. The molecule has 0 amide bonds. The molecular formula is LiMnOSn. The normalized spacial score (nSPS) is 1.00. The molecule has 0 atom stereocenters. The second kappa shape index (κ2) is 22.1. The zero-order chi connectivity index (χ0) is 2.00. The van der Waals surface area contributed by atoms with Crippen LogP contribution in [0.25, 0.3) is 0 Å². The van der Waals surface area contributed by atoms with E-state index in [0.717, 1.165) is 0 Å². The molecule has 0 saturated heterocycles. The van der Waals surface area contributed by atoms with Crippen LogP contribution in [0.4, 0.5) is 0 Å². The van der Waals surface area contributed by atoms with E-state index in [1.54, 1.807) is 0 Å². The van der Waals surface area contributed by atoms with Gasteiger partial charge in [0.1, 0.15) is 0 Å². The first-order valence-corrected chi connectivity index (χ1v) is 1.37. The summed E-state index contributed by atoms with van der Waals surface area (Å²) < 4.78 is 8.34. The Bertz CT molecular complexity index is 8.00. The molecule has 0 aliphatic rings. The van der Waals surface area contributed by atoms with E-state index in [0.29, 0.717) is 22.5 Å². The van der Waals surface area contributed by atoms with Crippen molar-refractivity contribution < 1.29 is 20.1 Å². The zero-order valence-corrected chi connectivity index (χ0v) is 6.32. The summed E-state index contributed by atoms with van der Waals surface area (Å²) in [6, 6.07) is 0. The summed E-state index contributed by atoms with van der Waals surface area (Å²) in [5, 5.41) is 0. The molecule has 0 saturated carbocycles. The topological polar surface area (TPSA) is 17.1 Å². The van der Waals surface area contributed by atoms with Crippen LogP contribution in [-0.4, -0.2) is 41.4 Å². The van der Waals surface area contributed by atoms with E-state index < -0.39 is 0 Å². The van der Waals surface area contributed by atoms with Gasteiger partial charge in [-0.3, -0.25) is 0 Å². The monoisotopic (exact) mass is 198 g/mol. The fourth-order valence-electron chi connectivity index (χ4n) is 0. The fourth-order valence-corrected chi connectivity index (χ4v) is 0. The van der Waals surface area contributed by atoms with Crippen LogP contribution in [0.1, 0.15) is 0 Å². The third-order valence-corrected chi connectivity index (χ3v) is 0. The predicted molar refractivity (Wildman–Crippen MR) is 12.2 cm³/mol. The molecule has 0 fully saturated rings. The summed E-state index contributed by atoms with van der Waals surface area (Å²) in [6.07, 6.45) is 0. The predicted octanol–water partition coefficient (Wildman–Crippen LogP) is -0.883. The van der Waals surface area contributed by atoms with Gasteiger partial charge in [0, 0.05) is 35.9 Å². The molecule has 0 N–H and O–H groups in total. The van der Waals surface area contributed by atoms with Crippen LogP contribution in [0.3, 0.4) is 0 Å². The number of rotatable bonds is 0. The first-order chi connectivity index (χ1) is 1.00. The minimum atomic E-state index is 0. The Labute approximate surface area is 61.0 Å². The maximum absolute atomic E-state index is 8.34. The Hall–Kier alpha value is 1.72. The van der Waals surface area contributed by atoms with Gasteiger partial charge in [0.05, 0.1) is 0 Å². The van der Waals surface area contributed by atoms with Crippen LogP contribution in [0, 0.1) is 0 Å². The molecule has 0 aromatic heterocycles. The summed E-state index contributed by atoms with van der Waals surface area (Å²) in [5.74, 6) is 0. The quantitative estimate of drug-likeness (QED) is 0.460. The molecule has 0 aliphatic carbocycles. The van der Waals surface area contributed by atoms with E-state index in [2.05, 4.69) is 0 Å². The standard InChI is InChI=1S/Li.Mn.O.Sn. The van der Waals surface area contributed by atoms with Crippen LogP contribution in [-0.2, 0) is 20.1 Å². The second-order valence-electron chi connectivity index (χ2n) is 0. The van der Waals surface area contributed by atoms with Gasteiger partial charge in [-0.2, -0.15) is 0 Å². The third kappa shape index (κ3) is 9.31. The van der Waals surface area contributed by atoms with Crippen LogP contribution in [0.2, 0.25) is 0 Å². The van der Waals surface area contributed by atoms with E-state index >= 15 is 0 Å². The minimum absolute atomic E-state index is 0. The fraction of sp³-hybridized carbons (Fsp3) is 0. The molecular weight excluding hydrogens is 197 g/mol. The van der Waals surface area contributed by atoms with E-state index in [4.69, 9.17) is 3.08 Å². The van der Waals surface area contributed by atoms with Crippen LogP contribution in [0.5, 0.6) is 0 Å². The zero-order valence-electron chi connectivity index (χ0n) is 2.29. The van der Waals surface area contributed by atoms with Crippen LogP contribution in [0.15, 0.2) is 0 Å². The Kier molecular flexibility index (Phi) is 95.3. The molecule has 0 heterocycles. The second-order valence-corrected chi connectivity index (χ2v) is 0.